The third-order valence-corrected chi connectivity index (χ3v) is 7.74. The van der Waals surface area contributed by atoms with Crippen LogP contribution in [0, 0.1) is 0 Å². The molecule has 3 aromatic carbocycles. The third-order valence-electron chi connectivity index (χ3n) is 7.74. The average molecular weight is 556 g/mol. The molecule has 5 rings (SSSR count). The number of hydrogen-bond donors (Lipinski definition) is 1. The highest BCUT2D eigenvalue weighted by molar-refractivity contribution is 5.89. The van der Waals surface area contributed by atoms with Gasteiger partial charge in [0.1, 0.15) is 18.1 Å². The summed E-state index contributed by atoms with van der Waals surface area (Å²) in [6.45, 7) is 0.283. The molecule has 0 aliphatic heterocycles. The quantitative estimate of drug-likeness (QED) is 0.288. The minimum Gasteiger partial charge on any atom is -0.493 e. The Balaban J connectivity index is 1.47. The number of carbonyl (C=O) groups is 2. The molecule has 1 N–H and O–H groups in total. The van der Waals surface area contributed by atoms with Gasteiger partial charge in [-0.2, -0.15) is 0 Å². The predicted molar refractivity (Wildman–Crippen MR) is 157 cm³/mol. The Bertz CT molecular complexity index is 1470. The van der Waals surface area contributed by atoms with E-state index < -0.39 is 6.04 Å². The van der Waals surface area contributed by atoms with Crippen LogP contribution < -0.4 is 14.8 Å². The van der Waals surface area contributed by atoms with Crippen molar-refractivity contribution in [3.05, 3.63) is 83.9 Å². The highest BCUT2D eigenvalue weighted by atomic mass is 16.5. The smallest absolute Gasteiger partial charge is 0.247 e. The maximum absolute atomic E-state index is 14.1. The van der Waals surface area contributed by atoms with Gasteiger partial charge in [0.2, 0.25) is 11.8 Å². The number of ether oxygens (including phenoxy) is 2. The van der Waals surface area contributed by atoms with Gasteiger partial charge in [-0.25, -0.2) is 4.68 Å². The molecule has 1 saturated carbocycles. The second kappa shape index (κ2) is 13.3. The first-order chi connectivity index (χ1) is 20.1. The second-order valence-electron chi connectivity index (χ2n) is 10.4. The van der Waals surface area contributed by atoms with Gasteiger partial charge in [0.05, 0.1) is 19.7 Å². The van der Waals surface area contributed by atoms with Gasteiger partial charge in [-0.05, 0) is 54.7 Å². The van der Waals surface area contributed by atoms with E-state index in [1.165, 1.54) is 6.42 Å². The fraction of sp³-hybridized carbons (Fsp3) is 0.375. The van der Waals surface area contributed by atoms with Crippen molar-refractivity contribution in [2.75, 3.05) is 20.8 Å². The molecule has 1 aliphatic rings. The number of hydrogen-bond acceptors (Lipinski definition) is 6. The van der Waals surface area contributed by atoms with Crippen molar-refractivity contribution in [3.63, 3.8) is 0 Å². The predicted octanol–water partition coefficient (Wildman–Crippen LogP) is 4.71. The van der Waals surface area contributed by atoms with E-state index in [2.05, 4.69) is 15.6 Å². The molecule has 1 fully saturated rings. The molecule has 0 spiro atoms. The number of para-hydroxylation sites is 1. The molecular weight excluding hydrogens is 518 g/mol. The van der Waals surface area contributed by atoms with Crippen molar-refractivity contribution in [2.45, 2.75) is 57.2 Å². The largest absolute Gasteiger partial charge is 0.493 e. The van der Waals surface area contributed by atoms with E-state index in [0.29, 0.717) is 30.0 Å². The van der Waals surface area contributed by atoms with E-state index in [9.17, 15) is 9.59 Å². The van der Waals surface area contributed by atoms with E-state index >= 15 is 0 Å². The van der Waals surface area contributed by atoms with Gasteiger partial charge in [-0.15, -0.1) is 5.10 Å². The van der Waals surface area contributed by atoms with Crippen molar-refractivity contribution in [1.29, 1.82) is 0 Å². The van der Waals surface area contributed by atoms with Gasteiger partial charge in [-0.1, -0.05) is 73.0 Å². The normalized spacial score (nSPS) is 14.4. The Kier molecular flexibility index (Phi) is 9.13. The van der Waals surface area contributed by atoms with Crippen LogP contribution in [0.15, 0.2) is 72.8 Å². The molecule has 2 amide bonds. The Morgan fingerprint density at radius 3 is 2.44 bits per heavy atom. The van der Waals surface area contributed by atoms with Crippen molar-refractivity contribution in [1.82, 2.24) is 25.2 Å². The highest BCUT2D eigenvalue weighted by Gasteiger charge is 2.33. The van der Waals surface area contributed by atoms with E-state index in [0.717, 1.165) is 42.3 Å². The summed E-state index contributed by atoms with van der Waals surface area (Å²) < 4.78 is 12.5. The van der Waals surface area contributed by atoms with Crippen molar-refractivity contribution in [3.8, 4) is 11.5 Å². The zero-order valence-corrected chi connectivity index (χ0v) is 23.7. The first-order valence-electron chi connectivity index (χ1n) is 14.2. The van der Waals surface area contributed by atoms with Gasteiger partial charge >= 0.3 is 0 Å². The van der Waals surface area contributed by atoms with Crippen LogP contribution in [0.5, 0.6) is 11.5 Å². The molecule has 0 radical (unpaired) electrons. The lowest BCUT2D eigenvalue weighted by atomic mass is 9.94. The van der Waals surface area contributed by atoms with Crippen LogP contribution in [0.25, 0.3) is 11.0 Å². The fourth-order valence-corrected chi connectivity index (χ4v) is 5.57. The van der Waals surface area contributed by atoms with Crippen LogP contribution in [0.2, 0.25) is 0 Å². The van der Waals surface area contributed by atoms with Crippen LogP contribution in [0.1, 0.15) is 49.3 Å². The third kappa shape index (κ3) is 6.67. The number of benzene rings is 3. The Morgan fingerprint density at radius 2 is 1.68 bits per heavy atom. The zero-order chi connectivity index (χ0) is 28.6. The fourth-order valence-electron chi connectivity index (χ4n) is 5.57. The number of carbonyl (C=O) groups excluding carboxylic acids is 2. The minimum atomic E-state index is -0.791. The minimum absolute atomic E-state index is 0.0352. The van der Waals surface area contributed by atoms with Gasteiger partial charge in [0.25, 0.3) is 0 Å². The molecular formula is C32H37N5O4. The van der Waals surface area contributed by atoms with Crippen LogP contribution in [0.4, 0.5) is 0 Å². The maximum atomic E-state index is 14.1. The molecule has 0 saturated heterocycles. The van der Waals surface area contributed by atoms with Crippen LogP contribution in [-0.2, 0) is 22.6 Å². The molecule has 41 heavy (non-hydrogen) atoms. The summed E-state index contributed by atoms with van der Waals surface area (Å²) in [7, 11) is 3.20. The van der Waals surface area contributed by atoms with E-state index in [1.807, 2.05) is 72.8 Å². The Labute approximate surface area is 240 Å². The molecule has 1 aromatic heterocycles. The molecule has 214 valence electrons. The number of methoxy groups -OCH3 is 2. The zero-order valence-electron chi connectivity index (χ0n) is 23.7. The Morgan fingerprint density at radius 1 is 0.951 bits per heavy atom. The molecule has 1 heterocycles. The topological polar surface area (TPSA) is 98.6 Å². The number of amides is 2. The van der Waals surface area contributed by atoms with Crippen molar-refractivity contribution >= 4 is 22.8 Å². The first-order valence-corrected chi connectivity index (χ1v) is 14.2. The van der Waals surface area contributed by atoms with Crippen LogP contribution >= 0.6 is 0 Å². The van der Waals surface area contributed by atoms with Gasteiger partial charge in [-0.3, -0.25) is 9.59 Å². The molecule has 9 nitrogen and oxygen atoms in total. The lowest BCUT2D eigenvalue weighted by Crippen LogP contribution is -2.48. The summed E-state index contributed by atoms with van der Waals surface area (Å²) in [6.07, 6.45) is 5.82. The van der Waals surface area contributed by atoms with Crippen molar-refractivity contribution < 1.29 is 19.1 Å². The summed E-state index contributed by atoms with van der Waals surface area (Å²) in [5.74, 6) is 0.879. The number of fused-ring (bicyclic) bond motifs is 1. The molecule has 1 aliphatic carbocycles. The van der Waals surface area contributed by atoms with Gasteiger partial charge < -0.3 is 19.7 Å². The maximum Gasteiger partial charge on any atom is 0.247 e. The summed E-state index contributed by atoms with van der Waals surface area (Å²) in [4.78, 5) is 29.8. The molecule has 4 aromatic rings. The van der Waals surface area contributed by atoms with E-state index in [1.54, 1.807) is 23.8 Å². The van der Waals surface area contributed by atoms with Crippen molar-refractivity contribution in [2.24, 2.45) is 0 Å². The van der Waals surface area contributed by atoms with Crippen LogP contribution in [0.3, 0.4) is 0 Å². The summed E-state index contributed by atoms with van der Waals surface area (Å²) in [5, 5.41) is 11.7. The second-order valence-corrected chi connectivity index (χ2v) is 10.4. The van der Waals surface area contributed by atoms with Gasteiger partial charge in [0, 0.05) is 12.6 Å². The summed E-state index contributed by atoms with van der Waals surface area (Å²) >= 11 is 0. The molecule has 0 unspecified atom stereocenters. The first kappa shape index (κ1) is 28.1. The number of nitrogens with one attached hydrogen (secondary N) is 1. The monoisotopic (exact) mass is 555 g/mol. The standard InChI is InChI=1S/C32H37N5O4/c1-40-28-18-17-23(21-29(28)41-2)19-20-36(30(38)22-37-27-16-10-9-15-26(27)34-35-37)31(24-11-5-3-6-12-24)32(39)33-25-13-7-4-8-14-25/h3,5-6,9-12,15-18,21,25,31H,4,7-8,13-14,19-20,22H2,1-2H3,(H,33,39)/t31-/m0/s1. The Hall–Kier alpha value is -4.40. The van der Waals surface area contributed by atoms with E-state index in [4.69, 9.17) is 9.47 Å². The molecule has 9 heteroatoms. The SMILES string of the molecule is COc1ccc(CCN(C(=O)Cn2nnc3ccccc32)[C@H](C(=O)NC2CCCCC2)c2ccccc2)cc1OC. The average Bonchev–Trinajstić information content (AvgIpc) is 3.42. The van der Waals surface area contributed by atoms with Crippen LogP contribution in [-0.4, -0.2) is 58.5 Å². The lowest BCUT2D eigenvalue weighted by molar-refractivity contribution is -0.141. The molecule has 1 atom stereocenters. The van der Waals surface area contributed by atoms with Gasteiger partial charge in [0.15, 0.2) is 11.5 Å². The summed E-state index contributed by atoms with van der Waals surface area (Å²) in [5.41, 5.74) is 3.21. The number of nitrogens with zero attached hydrogens (tertiary/aromatic N) is 4. The highest BCUT2D eigenvalue weighted by Crippen LogP contribution is 2.29. The summed E-state index contributed by atoms with van der Waals surface area (Å²) in [6, 6.07) is 22.1. The number of rotatable bonds is 11. The molecule has 0 bridgehead atoms. The van der Waals surface area contributed by atoms with E-state index in [-0.39, 0.29) is 24.4 Å². The lowest BCUT2D eigenvalue weighted by Gasteiger charge is -2.33. The number of aromatic nitrogens is 3.